The van der Waals surface area contributed by atoms with Gasteiger partial charge in [0.25, 0.3) is 0 Å². The summed E-state index contributed by atoms with van der Waals surface area (Å²) in [7, 11) is 0. The molecule has 9 heteroatoms. The normalized spacial score (nSPS) is 33.6. The van der Waals surface area contributed by atoms with Crippen LogP contribution in [-0.2, 0) is 14.4 Å². The quantitative estimate of drug-likeness (QED) is 0.535. The average molecular weight is 439 g/mol. The van der Waals surface area contributed by atoms with E-state index >= 15 is 0 Å². The minimum atomic E-state index is -5.17. The molecule has 3 amide bonds. The van der Waals surface area contributed by atoms with Gasteiger partial charge in [0.15, 0.2) is 0 Å². The van der Waals surface area contributed by atoms with Gasteiger partial charge in [0.1, 0.15) is 6.67 Å². The van der Waals surface area contributed by atoms with Crippen molar-refractivity contribution in [2.24, 2.45) is 35.5 Å². The highest BCUT2D eigenvalue weighted by molar-refractivity contribution is 6.31. The Morgan fingerprint density at radius 3 is 2.20 bits per heavy atom. The lowest BCUT2D eigenvalue weighted by atomic mass is 9.63. The standard InChI is InChI=1S/C21H18ClF3N2O3/c1-9-2-3-10(6-15(9)22)26(20(30)21(23,24)25)8-27-18(28)16-11-4-5-12(14-7-13(11)14)17(16)19(27)29/h2-6,11-14,16-17H,7-8H2,1H3/t11-,12-,13-,14-,16+,17+/m1/s1. The van der Waals surface area contributed by atoms with Crippen LogP contribution in [0.3, 0.4) is 0 Å². The molecule has 6 rings (SSSR count). The molecule has 0 aromatic heterocycles. The molecule has 5 aliphatic rings. The molecule has 1 aromatic carbocycles. The monoisotopic (exact) mass is 438 g/mol. The van der Waals surface area contributed by atoms with Gasteiger partial charge in [-0.2, -0.15) is 13.2 Å². The predicted octanol–water partition coefficient (Wildman–Crippen LogP) is 3.55. The van der Waals surface area contributed by atoms with Gasteiger partial charge in [-0.25, -0.2) is 0 Å². The van der Waals surface area contributed by atoms with Crippen molar-refractivity contribution in [3.05, 3.63) is 40.9 Å². The lowest BCUT2D eigenvalue weighted by molar-refractivity contribution is -0.171. The van der Waals surface area contributed by atoms with E-state index in [-0.39, 0.29) is 22.5 Å². The second-order valence-corrected chi connectivity index (χ2v) is 8.97. The summed E-state index contributed by atoms with van der Waals surface area (Å²) >= 11 is 6.04. The van der Waals surface area contributed by atoms with Gasteiger partial charge in [0.05, 0.1) is 11.8 Å². The zero-order valence-corrected chi connectivity index (χ0v) is 16.7. The number of halogens is 4. The molecule has 1 aliphatic heterocycles. The second-order valence-electron chi connectivity index (χ2n) is 8.56. The Morgan fingerprint density at radius 2 is 1.70 bits per heavy atom. The van der Waals surface area contributed by atoms with Crippen molar-refractivity contribution in [3.8, 4) is 0 Å². The van der Waals surface area contributed by atoms with Crippen LogP contribution in [0.2, 0.25) is 5.02 Å². The Kier molecular flexibility index (Phi) is 4.13. The summed E-state index contributed by atoms with van der Waals surface area (Å²) in [4.78, 5) is 39.6. The van der Waals surface area contributed by atoms with Crippen LogP contribution < -0.4 is 4.90 Å². The molecule has 2 saturated carbocycles. The molecular weight excluding hydrogens is 421 g/mol. The lowest BCUT2D eigenvalue weighted by Crippen LogP contribution is -2.49. The minimum Gasteiger partial charge on any atom is -0.286 e. The average Bonchev–Trinajstić information content (AvgIpc) is 3.47. The Bertz CT molecular complexity index is 972. The van der Waals surface area contributed by atoms with Gasteiger partial charge < -0.3 is 0 Å². The molecule has 0 spiro atoms. The first-order chi connectivity index (χ1) is 14.1. The topological polar surface area (TPSA) is 57.7 Å². The molecular formula is C21H18ClF3N2O3. The van der Waals surface area contributed by atoms with E-state index in [9.17, 15) is 27.6 Å². The summed E-state index contributed by atoms with van der Waals surface area (Å²) in [5.41, 5.74) is 0.508. The van der Waals surface area contributed by atoms with E-state index in [4.69, 9.17) is 11.6 Å². The third kappa shape index (κ3) is 2.72. The Balaban J connectivity index is 1.48. The molecule has 2 bridgehead atoms. The van der Waals surface area contributed by atoms with Crippen molar-refractivity contribution in [1.29, 1.82) is 0 Å². The van der Waals surface area contributed by atoms with Crippen LogP contribution in [0, 0.1) is 42.4 Å². The number of likely N-dealkylation sites (tertiary alicyclic amines) is 1. The van der Waals surface area contributed by atoms with Crippen molar-refractivity contribution in [2.45, 2.75) is 19.5 Å². The van der Waals surface area contributed by atoms with Crippen molar-refractivity contribution in [1.82, 2.24) is 4.90 Å². The molecule has 158 valence electrons. The number of carbonyl (C=O) groups is 3. The van der Waals surface area contributed by atoms with Crippen LogP contribution in [0.4, 0.5) is 18.9 Å². The van der Waals surface area contributed by atoms with Crippen LogP contribution in [0.15, 0.2) is 30.4 Å². The van der Waals surface area contributed by atoms with Crippen LogP contribution in [0.5, 0.6) is 0 Å². The number of imide groups is 1. The van der Waals surface area contributed by atoms with Gasteiger partial charge in [0, 0.05) is 10.7 Å². The van der Waals surface area contributed by atoms with Gasteiger partial charge >= 0.3 is 12.1 Å². The number of anilines is 1. The molecule has 1 aromatic rings. The van der Waals surface area contributed by atoms with Gasteiger partial charge in [-0.15, -0.1) is 0 Å². The van der Waals surface area contributed by atoms with Crippen molar-refractivity contribution in [3.63, 3.8) is 0 Å². The van der Waals surface area contributed by atoms with E-state index in [1.54, 1.807) is 6.92 Å². The minimum absolute atomic E-state index is 0.0490. The number of nitrogens with zero attached hydrogens (tertiary/aromatic N) is 2. The van der Waals surface area contributed by atoms with Gasteiger partial charge in [0.2, 0.25) is 11.8 Å². The first-order valence-corrected chi connectivity index (χ1v) is 10.2. The van der Waals surface area contributed by atoms with Gasteiger partial charge in [-0.05, 0) is 54.7 Å². The Hall–Kier alpha value is -2.35. The van der Waals surface area contributed by atoms with E-state index in [0.29, 0.717) is 22.3 Å². The van der Waals surface area contributed by atoms with E-state index in [1.165, 1.54) is 18.2 Å². The third-order valence-electron chi connectivity index (χ3n) is 6.99. The maximum atomic E-state index is 13.3. The fourth-order valence-corrected chi connectivity index (χ4v) is 5.64. The van der Waals surface area contributed by atoms with Crippen molar-refractivity contribution < 1.29 is 27.6 Å². The molecule has 4 aliphatic carbocycles. The smallest absolute Gasteiger partial charge is 0.286 e. The summed E-state index contributed by atoms with van der Waals surface area (Å²) in [6.07, 6.45) is -0.227. The Labute approximate surface area is 175 Å². The van der Waals surface area contributed by atoms with E-state index in [0.717, 1.165) is 11.3 Å². The lowest BCUT2D eigenvalue weighted by Gasteiger charge is -2.37. The molecule has 0 unspecified atom stereocenters. The van der Waals surface area contributed by atoms with Gasteiger partial charge in [-0.1, -0.05) is 29.8 Å². The summed E-state index contributed by atoms with van der Waals surface area (Å²) in [6, 6.07) is 4.04. The number of rotatable bonds is 3. The number of hydrogen-bond acceptors (Lipinski definition) is 3. The molecule has 0 N–H and O–H groups in total. The number of hydrogen-bond donors (Lipinski definition) is 0. The fourth-order valence-electron chi connectivity index (χ4n) is 5.47. The molecule has 6 atom stereocenters. The fraction of sp³-hybridized carbons (Fsp3) is 0.476. The number of carbonyl (C=O) groups excluding carboxylic acids is 3. The first kappa shape index (κ1) is 19.6. The Morgan fingerprint density at radius 1 is 1.13 bits per heavy atom. The summed E-state index contributed by atoms with van der Waals surface area (Å²) in [5.74, 6) is -3.56. The molecule has 0 radical (unpaired) electrons. The van der Waals surface area contributed by atoms with Crippen LogP contribution in [0.1, 0.15) is 12.0 Å². The molecule has 3 fully saturated rings. The molecule has 1 saturated heterocycles. The molecule has 5 nitrogen and oxygen atoms in total. The zero-order valence-electron chi connectivity index (χ0n) is 15.9. The van der Waals surface area contributed by atoms with Crippen LogP contribution >= 0.6 is 11.6 Å². The molecule has 30 heavy (non-hydrogen) atoms. The number of amides is 3. The van der Waals surface area contributed by atoms with Crippen molar-refractivity contribution >= 4 is 35.0 Å². The van der Waals surface area contributed by atoms with E-state index in [1.807, 2.05) is 12.2 Å². The van der Waals surface area contributed by atoms with Gasteiger partial charge in [-0.3, -0.25) is 24.2 Å². The zero-order chi connectivity index (χ0) is 21.5. The van der Waals surface area contributed by atoms with E-state index < -0.39 is 42.4 Å². The number of aryl methyl sites for hydroxylation is 1. The summed E-state index contributed by atoms with van der Waals surface area (Å²) in [6.45, 7) is 0.894. The highest BCUT2D eigenvalue weighted by Crippen LogP contribution is 2.65. The molecule has 1 heterocycles. The maximum Gasteiger partial charge on any atom is 0.471 e. The predicted molar refractivity (Wildman–Crippen MR) is 101 cm³/mol. The largest absolute Gasteiger partial charge is 0.471 e. The highest BCUT2D eigenvalue weighted by Gasteiger charge is 2.67. The number of benzene rings is 1. The first-order valence-electron chi connectivity index (χ1n) is 9.78. The number of alkyl halides is 3. The highest BCUT2D eigenvalue weighted by atomic mass is 35.5. The summed E-state index contributed by atoms with van der Waals surface area (Å²) in [5, 5.41) is 0.183. The van der Waals surface area contributed by atoms with Crippen LogP contribution in [0.25, 0.3) is 0 Å². The van der Waals surface area contributed by atoms with Crippen LogP contribution in [-0.4, -0.2) is 35.5 Å². The third-order valence-corrected chi connectivity index (χ3v) is 7.40. The number of allylic oxidation sites excluding steroid dienone is 2. The maximum absolute atomic E-state index is 13.3. The second kappa shape index (κ2) is 6.33. The van der Waals surface area contributed by atoms with E-state index in [2.05, 4.69) is 0 Å². The van der Waals surface area contributed by atoms with Crippen molar-refractivity contribution in [2.75, 3.05) is 11.6 Å². The summed E-state index contributed by atoms with van der Waals surface area (Å²) < 4.78 is 39.9. The SMILES string of the molecule is Cc1ccc(N(CN2C(=O)[C@H]3[C@@H]4C=C[C@H]([C@H]5C[C@H]45)[C@@H]3C2=O)C(=O)C(F)(F)F)cc1Cl.